The second-order valence-corrected chi connectivity index (χ2v) is 6.83. The van der Waals surface area contributed by atoms with E-state index in [0.717, 1.165) is 16.5 Å². The van der Waals surface area contributed by atoms with Gasteiger partial charge in [0.1, 0.15) is 11.5 Å². The summed E-state index contributed by atoms with van der Waals surface area (Å²) in [4.78, 5) is 20.5. The summed E-state index contributed by atoms with van der Waals surface area (Å²) in [5.41, 5.74) is 2.29. The summed E-state index contributed by atoms with van der Waals surface area (Å²) >= 11 is 0. The number of methoxy groups -OCH3 is 2. The number of carbonyl (C=O) groups excluding carboxylic acids is 1. The maximum Gasteiger partial charge on any atom is 0.319 e. The van der Waals surface area contributed by atoms with Crippen LogP contribution in [0.25, 0.3) is 10.9 Å². The Bertz CT molecular complexity index is 1210. The van der Waals surface area contributed by atoms with Crippen LogP contribution in [-0.4, -0.2) is 30.2 Å². The third-order valence-corrected chi connectivity index (χ3v) is 4.72. The van der Waals surface area contributed by atoms with E-state index in [1.54, 1.807) is 69.2 Å². The van der Waals surface area contributed by atoms with E-state index >= 15 is 0 Å². The fourth-order valence-corrected chi connectivity index (χ4v) is 3.13. The van der Waals surface area contributed by atoms with E-state index in [1.807, 2.05) is 18.2 Å². The standard InChI is InChI=1S/C24H22N4O4/c1-30-22-12-19-20(13-23(22)31-2)26-11-9-21(19)32-18-7-5-17(6-8-18)28-24(29)27-15-16-4-3-10-25-14-16/h3-14H,15H2,1-2H3,(H2,27,28,29). The Kier molecular flexibility index (Phi) is 6.31. The molecule has 2 aromatic heterocycles. The number of carbonyl (C=O) groups is 1. The van der Waals surface area contributed by atoms with Crippen LogP contribution >= 0.6 is 0 Å². The van der Waals surface area contributed by atoms with Crippen LogP contribution in [0.5, 0.6) is 23.0 Å². The van der Waals surface area contributed by atoms with Gasteiger partial charge in [0.15, 0.2) is 11.5 Å². The zero-order valence-electron chi connectivity index (χ0n) is 17.7. The van der Waals surface area contributed by atoms with Crippen molar-refractivity contribution in [3.8, 4) is 23.0 Å². The lowest BCUT2D eigenvalue weighted by Crippen LogP contribution is -2.28. The molecule has 4 rings (SSSR count). The minimum absolute atomic E-state index is 0.302. The zero-order chi connectivity index (χ0) is 22.3. The molecule has 0 aliphatic carbocycles. The van der Waals surface area contributed by atoms with Gasteiger partial charge in [-0.3, -0.25) is 9.97 Å². The average Bonchev–Trinajstić information content (AvgIpc) is 2.84. The molecule has 0 saturated carbocycles. The number of ether oxygens (including phenoxy) is 3. The molecule has 2 amide bonds. The summed E-state index contributed by atoms with van der Waals surface area (Å²) in [6.07, 6.45) is 5.07. The van der Waals surface area contributed by atoms with Crippen LogP contribution in [0.4, 0.5) is 10.5 Å². The number of fused-ring (bicyclic) bond motifs is 1. The minimum Gasteiger partial charge on any atom is -0.493 e. The van der Waals surface area contributed by atoms with E-state index in [2.05, 4.69) is 20.6 Å². The van der Waals surface area contributed by atoms with Gasteiger partial charge in [0.05, 0.1) is 19.7 Å². The van der Waals surface area contributed by atoms with Crippen molar-refractivity contribution in [1.82, 2.24) is 15.3 Å². The highest BCUT2D eigenvalue weighted by molar-refractivity contribution is 5.89. The normalized spacial score (nSPS) is 10.4. The number of hydrogen-bond acceptors (Lipinski definition) is 6. The number of amides is 2. The molecule has 0 aliphatic heterocycles. The molecule has 0 saturated heterocycles. The van der Waals surface area contributed by atoms with Crippen LogP contribution in [-0.2, 0) is 6.54 Å². The molecular weight excluding hydrogens is 408 g/mol. The zero-order valence-corrected chi connectivity index (χ0v) is 17.7. The molecule has 0 fully saturated rings. The van der Waals surface area contributed by atoms with Crippen molar-refractivity contribution in [3.05, 3.63) is 78.8 Å². The summed E-state index contributed by atoms with van der Waals surface area (Å²) in [6, 6.07) is 15.9. The molecule has 32 heavy (non-hydrogen) atoms. The number of pyridine rings is 2. The summed E-state index contributed by atoms with van der Waals surface area (Å²) in [7, 11) is 3.16. The second kappa shape index (κ2) is 9.65. The third-order valence-electron chi connectivity index (χ3n) is 4.72. The van der Waals surface area contributed by atoms with Crippen LogP contribution in [0.1, 0.15) is 5.56 Å². The Morgan fingerprint density at radius 1 is 0.938 bits per heavy atom. The summed E-state index contributed by atoms with van der Waals surface area (Å²) in [5.74, 6) is 2.44. The average molecular weight is 430 g/mol. The largest absolute Gasteiger partial charge is 0.493 e. The van der Waals surface area contributed by atoms with Crippen LogP contribution in [0.3, 0.4) is 0 Å². The number of anilines is 1. The van der Waals surface area contributed by atoms with Gasteiger partial charge in [0, 0.05) is 42.3 Å². The van der Waals surface area contributed by atoms with Gasteiger partial charge in [-0.05, 0) is 48.0 Å². The lowest BCUT2D eigenvalue weighted by molar-refractivity contribution is 0.251. The first-order chi connectivity index (χ1) is 15.7. The smallest absolute Gasteiger partial charge is 0.319 e. The fraction of sp³-hybridized carbons (Fsp3) is 0.125. The van der Waals surface area contributed by atoms with Gasteiger partial charge in [-0.1, -0.05) is 6.07 Å². The van der Waals surface area contributed by atoms with Crippen LogP contribution < -0.4 is 24.8 Å². The van der Waals surface area contributed by atoms with Crippen LogP contribution in [0.15, 0.2) is 73.2 Å². The van der Waals surface area contributed by atoms with Gasteiger partial charge >= 0.3 is 6.03 Å². The Balaban J connectivity index is 1.43. The third kappa shape index (κ3) is 4.86. The van der Waals surface area contributed by atoms with Gasteiger partial charge in [0.2, 0.25) is 0 Å². The Morgan fingerprint density at radius 2 is 1.72 bits per heavy atom. The molecular formula is C24H22N4O4. The van der Waals surface area contributed by atoms with Crippen molar-refractivity contribution in [2.75, 3.05) is 19.5 Å². The topological polar surface area (TPSA) is 94.6 Å². The lowest BCUT2D eigenvalue weighted by Gasteiger charge is -2.13. The number of benzene rings is 2. The predicted octanol–water partition coefficient (Wildman–Crippen LogP) is 4.76. The molecule has 2 N–H and O–H groups in total. The van der Waals surface area contributed by atoms with Crippen molar-refractivity contribution in [2.45, 2.75) is 6.54 Å². The molecule has 0 aliphatic rings. The van der Waals surface area contributed by atoms with Crippen molar-refractivity contribution >= 4 is 22.6 Å². The van der Waals surface area contributed by atoms with E-state index in [0.29, 0.717) is 35.2 Å². The van der Waals surface area contributed by atoms with Crippen molar-refractivity contribution < 1.29 is 19.0 Å². The van der Waals surface area contributed by atoms with E-state index in [-0.39, 0.29) is 6.03 Å². The first-order valence-electron chi connectivity index (χ1n) is 9.88. The Hall–Kier alpha value is -4.33. The van der Waals surface area contributed by atoms with Crippen molar-refractivity contribution in [1.29, 1.82) is 0 Å². The molecule has 2 heterocycles. The highest BCUT2D eigenvalue weighted by Crippen LogP contribution is 2.36. The second-order valence-electron chi connectivity index (χ2n) is 6.83. The predicted molar refractivity (Wildman–Crippen MR) is 121 cm³/mol. The van der Waals surface area contributed by atoms with Crippen LogP contribution in [0.2, 0.25) is 0 Å². The molecule has 0 bridgehead atoms. The summed E-state index contributed by atoms with van der Waals surface area (Å²) < 4.78 is 16.8. The van der Waals surface area contributed by atoms with Gasteiger partial charge in [-0.25, -0.2) is 4.79 Å². The van der Waals surface area contributed by atoms with Gasteiger partial charge < -0.3 is 24.8 Å². The highest BCUT2D eigenvalue weighted by Gasteiger charge is 2.11. The fourth-order valence-electron chi connectivity index (χ4n) is 3.13. The Labute approximate surface area is 185 Å². The quantitative estimate of drug-likeness (QED) is 0.439. The summed E-state index contributed by atoms with van der Waals surface area (Å²) in [6.45, 7) is 0.393. The number of nitrogens with one attached hydrogen (secondary N) is 2. The van der Waals surface area contributed by atoms with E-state index in [4.69, 9.17) is 14.2 Å². The first kappa shape index (κ1) is 20.9. The van der Waals surface area contributed by atoms with Crippen molar-refractivity contribution in [2.24, 2.45) is 0 Å². The lowest BCUT2D eigenvalue weighted by atomic mass is 10.2. The monoisotopic (exact) mass is 430 g/mol. The SMILES string of the molecule is COc1cc2nccc(Oc3ccc(NC(=O)NCc4cccnc4)cc3)c2cc1OC. The molecule has 4 aromatic rings. The molecule has 0 unspecified atom stereocenters. The maximum atomic E-state index is 12.1. The van der Waals surface area contributed by atoms with Gasteiger partial charge in [-0.15, -0.1) is 0 Å². The highest BCUT2D eigenvalue weighted by atomic mass is 16.5. The molecule has 0 spiro atoms. The minimum atomic E-state index is -0.302. The maximum absolute atomic E-state index is 12.1. The molecule has 0 radical (unpaired) electrons. The van der Waals surface area contributed by atoms with E-state index in [1.165, 1.54) is 0 Å². The Morgan fingerprint density at radius 3 is 2.44 bits per heavy atom. The molecule has 8 heteroatoms. The molecule has 0 atom stereocenters. The number of nitrogens with zero attached hydrogens (tertiary/aromatic N) is 2. The molecule has 8 nitrogen and oxygen atoms in total. The number of aromatic nitrogens is 2. The van der Waals surface area contributed by atoms with Crippen LogP contribution in [0, 0.1) is 0 Å². The number of urea groups is 1. The van der Waals surface area contributed by atoms with Crippen molar-refractivity contribution in [3.63, 3.8) is 0 Å². The van der Waals surface area contributed by atoms with Gasteiger partial charge in [0.25, 0.3) is 0 Å². The van der Waals surface area contributed by atoms with E-state index < -0.39 is 0 Å². The molecule has 2 aromatic carbocycles. The molecule has 162 valence electrons. The number of rotatable bonds is 7. The first-order valence-corrected chi connectivity index (χ1v) is 9.88. The number of hydrogen-bond donors (Lipinski definition) is 2. The van der Waals surface area contributed by atoms with Gasteiger partial charge in [-0.2, -0.15) is 0 Å². The van der Waals surface area contributed by atoms with E-state index in [9.17, 15) is 4.79 Å². The summed E-state index contributed by atoms with van der Waals surface area (Å²) in [5, 5.41) is 6.38.